The molecule has 0 N–H and O–H groups in total. The van der Waals surface area contributed by atoms with Crippen LogP contribution < -0.4 is 9.47 Å². The minimum Gasteiger partial charge on any atom is -0.486 e. The predicted molar refractivity (Wildman–Crippen MR) is 94.3 cm³/mol. The standard InChI is InChI=1S/C18H17Cl2NO3/c1-2-21(18(22)14-10-13(19)6-7-15(14)20)11-12-4-3-5-16-17(12)24-9-8-23-16/h3-7,10H,2,8-9,11H2,1H3. The molecular formula is C18H17Cl2NO3. The first-order chi connectivity index (χ1) is 11.6. The van der Waals surface area contributed by atoms with Gasteiger partial charge in [0.2, 0.25) is 0 Å². The average Bonchev–Trinajstić information content (AvgIpc) is 2.61. The van der Waals surface area contributed by atoms with Crippen LogP contribution in [0.2, 0.25) is 10.0 Å². The van der Waals surface area contributed by atoms with Crippen LogP contribution in [0.4, 0.5) is 0 Å². The van der Waals surface area contributed by atoms with E-state index in [0.717, 1.165) is 5.56 Å². The molecule has 0 unspecified atom stereocenters. The Hall–Kier alpha value is -1.91. The summed E-state index contributed by atoms with van der Waals surface area (Å²) >= 11 is 12.2. The molecule has 0 saturated carbocycles. The third kappa shape index (κ3) is 3.45. The lowest BCUT2D eigenvalue weighted by Crippen LogP contribution is -2.31. The van der Waals surface area contributed by atoms with Crippen LogP contribution in [0.15, 0.2) is 36.4 Å². The summed E-state index contributed by atoms with van der Waals surface area (Å²) in [6.07, 6.45) is 0. The molecule has 2 aromatic rings. The fraction of sp³-hybridized carbons (Fsp3) is 0.278. The number of amides is 1. The first-order valence-corrected chi connectivity index (χ1v) is 8.47. The molecule has 0 atom stereocenters. The summed E-state index contributed by atoms with van der Waals surface area (Å²) in [6.45, 7) is 3.90. The summed E-state index contributed by atoms with van der Waals surface area (Å²) in [5, 5.41) is 0.866. The Morgan fingerprint density at radius 2 is 1.96 bits per heavy atom. The molecule has 0 aromatic heterocycles. The van der Waals surface area contributed by atoms with Crippen LogP contribution in [-0.4, -0.2) is 30.6 Å². The summed E-state index contributed by atoms with van der Waals surface area (Å²) in [7, 11) is 0. The molecule has 3 rings (SSSR count). The number of hydrogen-bond donors (Lipinski definition) is 0. The summed E-state index contributed by atoms with van der Waals surface area (Å²) < 4.78 is 11.3. The van der Waals surface area contributed by atoms with E-state index in [1.807, 2.05) is 25.1 Å². The lowest BCUT2D eigenvalue weighted by Gasteiger charge is -2.25. The maximum absolute atomic E-state index is 12.8. The number of carbonyl (C=O) groups excluding carboxylic acids is 1. The van der Waals surface area contributed by atoms with Crippen molar-refractivity contribution in [2.75, 3.05) is 19.8 Å². The van der Waals surface area contributed by atoms with Crippen molar-refractivity contribution in [3.8, 4) is 11.5 Å². The van der Waals surface area contributed by atoms with E-state index in [1.165, 1.54) is 0 Å². The van der Waals surface area contributed by atoms with E-state index in [-0.39, 0.29) is 5.91 Å². The Labute approximate surface area is 150 Å². The first kappa shape index (κ1) is 16.9. The van der Waals surface area contributed by atoms with Gasteiger partial charge in [-0.25, -0.2) is 0 Å². The molecule has 0 spiro atoms. The van der Waals surface area contributed by atoms with E-state index >= 15 is 0 Å². The van der Waals surface area contributed by atoms with Gasteiger partial charge in [-0.1, -0.05) is 35.3 Å². The third-order valence-corrected chi connectivity index (χ3v) is 4.40. The number of fused-ring (bicyclic) bond motifs is 1. The van der Waals surface area contributed by atoms with Gasteiger partial charge in [0.25, 0.3) is 5.91 Å². The van der Waals surface area contributed by atoms with E-state index in [9.17, 15) is 4.79 Å². The Morgan fingerprint density at radius 3 is 2.75 bits per heavy atom. The van der Waals surface area contributed by atoms with Crippen LogP contribution in [0, 0.1) is 0 Å². The minimum absolute atomic E-state index is 0.167. The highest BCUT2D eigenvalue weighted by molar-refractivity contribution is 6.35. The maximum atomic E-state index is 12.8. The molecule has 126 valence electrons. The Morgan fingerprint density at radius 1 is 1.17 bits per heavy atom. The molecule has 0 bridgehead atoms. The lowest BCUT2D eigenvalue weighted by molar-refractivity contribution is 0.0749. The highest BCUT2D eigenvalue weighted by Gasteiger charge is 2.22. The van der Waals surface area contributed by atoms with Gasteiger partial charge in [0.15, 0.2) is 11.5 Å². The van der Waals surface area contributed by atoms with Gasteiger partial charge in [0.1, 0.15) is 13.2 Å². The molecule has 1 heterocycles. The van der Waals surface area contributed by atoms with Crippen molar-refractivity contribution < 1.29 is 14.3 Å². The van der Waals surface area contributed by atoms with Crippen LogP contribution in [0.5, 0.6) is 11.5 Å². The smallest absolute Gasteiger partial charge is 0.255 e. The number of hydrogen-bond acceptors (Lipinski definition) is 3. The van der Waals surface area contributed by atoms with Crippen molar-refractivity contribution in [1.29, 1.82) is 0 Å². The van der Waals surface area contributed by atoms with Gasteiger partial charge < -0.3 is 14.4 Å². The van der Waals surface area contributed by atoms with Gasteiger partial charge in [-0.15, -0.1) is 0 Å². The molecule has 24 heavy (non-hydrogen) atoms. The Kier molecular flexibility index (Phi) is 5.17. The zero-order valence-corrected chi connectivity index (χ0v) is 14.7. The van der Waals surface area contributed by atoms with Crippen molar-refractivity contribution in [2.24, 2.45) is 0 Å². The second kappa shape index (κ2) is 7.32. The van der Waals surface area contributed by atoms with Gasteiger partial charge in [-0.2, -0.15) is 0 Å². The molecule has 2 aromatic carbocycles. The van der Waals surface area contributed by atoms with Gasteiger partial charge in [-0.3, -0.25) is 4.79 Å². The second-order valence-electron chi connectivity index (χ2n) is 5.38. The van der Waals surface area contributed by atoms with E-state index in [4.69, 9.17) is 32.7 Å². The molecule has 6 heteroatoms. The number of para-hydroxylation sites is 1. The first-order valence-electron chi connectivity index (χ1n) is 7.72. The number of rotatable bonds is 4. The second-order valence-corrected chi connectivity index (χ2v) is 6.23. The summed E-state index contributed by atoms with van der Waals surface area (Å²) in [6, 6.07) is 10.6. The van der Waals surface area contributed by atoms with E-state index in [1.54, 1.807) is 23.1 Å². The molecule has 0 saturated heterocycles. The molecule has 4 nitrogen and oxygen atoms in total. The molecule has 0 radical (unpaired) electrons. The van der Waals surface area contributed by atoms with E-state index < -0.39 is 0 Å². The number of benzene rings is 2. The van der Waals surface area contributed by atoms with Crippen molar-refractivity contribution in [1.82, 2.24) is 4.90 Å². The van der Waals surface area contributed by atoms with E-state index in [2.05, 4.69) is 0 Å². The molecule has 1 aliphatic heterocycles. The molecule has 1 aliphatic rings. The van der Waals surface area contributed by atoms with Crippen molar-refractivity contribution in [2.45, 2.75) is 13.5 Å². The van der Waals surface area contributed by atoms with Gasteiger partial charge >= 0.3 is 0 Å². The maximum Gasteiger partial charge on any atom is 0.255 e. The average molecular weight is 366 g/mol. The largest absolute Gasteiger partial charge is 0.486 e. The Balaban J connectivity index is 1.87. The van der Waals surface area contributed by atoms with Gasteiger partial charge in [0.05, 0.1) is 10.6 Å². The lowest BCUT2D eigenvalue weighted by atomic mass is 10.1. The molecule has 0 aliphatic carbocycles. The normalized spacial score (nSPS) is 12.8. The monoisotopic (exact) mass is 365 g/mol. The van der Waals surface area contributed by atoms with Gasteiger partial charge in [0, 0.05) is 23.7 Å². The minimum atomic E-state index is -0.167. The van der Waals surface area contributed by atoms with Crippen LogP contribution in [0.3, 0.4) is 0 Å². The fourth-order valence-corrected chi connectivity index (χ4v) is 2.99. The molecular weight excluding hydrogens is 349 g/mol. The van der Waals surface area contributed by atoms with Gasteiger partial charge in [-0.05, 0) is 31.2 Å². The van der Waals surface area contributed by atoms with Crippen LogP contribution in [0.1, 0.15) is 22.8 Å². The third-order valence-electron chi connectivity index (χ3n) is 3.84. The van der Waals surface area contributed by atoms with Crippen molar-refractivity contribution >= 4 is 29.1 Å². The topological polar surface area (TPSA) is 38.8 Å². The number of halogens is 2. The summed E-state index contributed by atoms with van der Waals surface area (Å²) in [5.41, 5.74) is 1.30. The Bertz CT molecular complexity index is 764. The van der Waals surface area contributed by atoms with E-state index in [0.29, 0.717) is 53.4 Å². The zero-order valence-electron chi connectivity index (χ0n) is 13.2. The molecule has 0 fully saturated rings. The zero-order chi connectivity index (χ0) is 17.1. The number of carbonyl (C=O) groups is 1. The highest BCUT2D eigenvalue weighted by atomic mass is 35.5. The SMILES string of the molecule is CCN(Cc1cccc2c1OCCO2)C(=O)c1cc(Cl)ccc1Cl. The highest BCUT2D eigenvalue weighted by Crippen LogP contribution is 2.34. The van der Waals surface area contributed by atoms with Crippen LogP contribution >= 0.6 is 23.2 Å². The van der Waals surface area contributed by atoms with Crippen LogP contribution in [-0.2, 0) is 6.54 Å². The molecule has 1 amide bonds. The predicted octanol–water partition coefficient (Wildman–Crippen LogP) is 4.43. The van der Waals surface area contributed by atoms with Crippen LogP contribution in [0.25, 0.3) is 0 Å². The van der Waals surface area contributed by atoms with Crippen molar-refractivity contribution in [3.63, 3.8) is 0 Å². The quantitative estimate of drug-likeness (QED) is 0.804. The summed E-state index contributed by atoms with van der Waals surface area (Å²) in [4.78, 5) is 14.5. The number of nitrogens with zero attached hydrogens (tertiary/aromatic N) is 1. The number of ether oxygens (including phenoxy) is 2. The van der Waals surface area contributed by atoms with Crippen molar-refractivity contribution in [3.05, 3.63) is 57.6 Å². The summed E-state index contributed by atoms with van der Waals surface area (Å²) in [5.74, 6) is 1.24. The fourth-order valence-electron chi connectivity index (χ4n) is 2.62.